The summed E-state index contributed by atoms with van der Waals surface area (Å²) in [4.78, 5) is 10.1. The van der Waals surface area contributed by atoms with Gasteiger partial charge in [-0.3, -0.25) is 10.1 Å². The molecule has 0 fully saturated rings. The molecule has 1 N–H and O–H groups in total. The van der Waals surface area contributed by atoms with Crippen molar-refractivity contribution in [1.82, 2.24) is 4.72 Å². The molecule has 7 nitrogen and oxygen atoms in total. The summed E-state index contributed by atoms with van der Waals surface area (Å²) in [6.45, 7) is 3.74. The van der Waals surface area contributed by atoms with Crippen molar-refractivity contribution in [2.45, 2.75) is 31.2 Å². The summed E-state index contributed by atoms with van der Waals surface area (Å²) in [5, 5.41) is 10.9. The van der Waals surface area contributed by atoms with Crippen LogP contribution in [0.15, 0.2) is 47.4 Å². The Labute approximate surface area is 146 Å². The largest absolute Gasteiger partial charge is 0.496 e. The second-order valence-corrected chi connectivity index (χ2v) is 7.28. The minimum absolute atomic E-state index is 0.134. The summed E-state index contributed by atoms with van der Waals surface area (Å²) in [5.74, 6) is 0.722. The molecule has 1 atom stereocenters. The molecule has 0 heterocycles. The number of nitrogens with zero attached hydrogens (tertiary/aromatic N) is 1. The van der Waals surface area contributed by atoms with E-state index in [-0.39, 0.29) is 10.6 Å². The highest BCUT2D eigenvalue weighted by atomic mass is 32.2. The van der Waals surface area contributed by atoms with Crippen LogP contribution in [0, 0.1) is 17.0 Å². The van der Waals surface area contributed by atoms with Gasteiger partial charge in [0.15, 0.2) is 0 Å². The number of hydrogen-bond donors (Lipinski definition) is 1. The molecule has 0 radical (unpaired) electrons. The molecule has 2 aromatic rings. The number of rotatable bonds is 7. The number of methoxy groups -OCH3 is 1. The topological polar surface area (TPSA) is 98.5 Å². The van der Waals surface area contributed by atoms with Crippen LogP contribution in [0.2, 0.25) is 0 Å². The standard InChI is InChI=1S/C17H20N2O5S/c1-4-16(13-8-9-17(24-3)12(2)10-13)18-25(22,23)15-7-5-6-14(11-15)19(20)21/h5-11,16,18H,4H2,1-3H3. The number of non-ortho nitro benzene ring substituents is 1. The van der Waals surface area contributed by atoms with Gasteiger partial charge in [-0.05, 0) is 36.6 Å². The maximum atomic E-state index is 12.6. The van der Waals surface area contributed by atoms with Crippen molar-refractivity contribution in [2.75, 3.05) is 7.11 Å². The molecule has 0 saturated carbocycles. The molecular weight excluding hydrogens is 344 g/mol. The van der Waals surface area contributed by atoms with E-state index in [0.29, 0.717) is 6.42 Å². The highest BCUT2D eigenvalue weighted by Crippen LogP contribution is 2.26. The smallest absolute Gasteiger partial charge is 0.270 e. The number of sulfonamides is 1. The predicted octanol–water partition coefficient (Wildman–Crippen LogP) is 3.34. The van der Waals surface area contributed by atoms with Crippen LogP contribution in [0.4, 0.5) is 5.69 Å². The lowest BCUT2D eigenvalue weighted by Gasteiger charge is -2.19. The van der Waals surface area contributed by atoms with Gasteiger partial charge in [0.2, 0.25) is 10.0 Å². The molecular formula is C17H20N2O5S. The van der Waals surface area contributed by atoms with Gasteiger partial charge in [0.1, 0.15) is 5.75 Å². The van der Waals surface area contributed by atoms with Gasteiger partial charge in [-0.2, -0.15) is 0 Å². The fraction of sp³-hybridized carbons (Fsp3) is 0.294. The lowest BCUT2D eigenvalue weighted by Crippen LogP contribution is -2.28. The summed E-state index contributed by atoms with van der Waals surface area (Å²) in [7, 11) is -2.32. The van der Waals surface area contributed by atoms with Gasteiger partial charge in [-0.15, -0.1) is 0 Å². The molecule has 2 aromatic carbocycles. The normalized spacial score (nSPS) is 12.6. The van der Waals surface area contributed by atoms with E-state index in [0.717, 1.165) is 22.9 Å². The second kappa shape index (κ2) is 7.62. The molecule has 0 aliphatic carbocycles. The van der Waals surface area contributed by atoms with Crippen molar-refractivity contribution in [2.24, 2.45) is 0 Å². The van der Waals surface area contributed by atoms with Gasteiger partial charge in [0.05, 0.1) is 16.9 Å². The summed E-state index contributed by atoms with van der Waals surface area (Å²) < 4.78 is 33.0. The van der Waals surface area contributed by atoms with E-state index in [1.54, 1.807) is 19.2 Å². The van der Waals surface area contributed by atoms with Crippen LogP contribution >= 0.6 is 0 Å². The molecule has 0 aliphatic heterocycles. The van der Waals surface area contributed by atoms with Gasteiger partial charge < -0.3 is 4.74 Å². The van der Waals surface area contributed by atoms with Crippen LogP contribution in [-0.2, 0) is 10.0 Å². The third-order valence-corrected chi connectivity index (χ3v) is 5.34. The number of nitro groups is 1. The van der Waals surface area contributed by atoms with Crippen molar-refractivity contribution in [3.63, 3.8) is 0 Å². The number of benzene rings is 2. The van der Waals surface area contributed by atoms with Gasteiger partial charge in [0, 0.05) is 18.2 Å². The van der Waals surface area contributed by atoms with E-state index >= 15 is 0 Å². The van der Waals surface area contributed by atoms with Crippen molar-refractivity contribution in [3.8, 4) is 5.75 Å². The third-order valence-electron chi connectivity index (χ3n) is 3.87. The van der Waals surface area contributed by atoms with Gasteiger partial charge in [-0.1, -0.05) is 25.1 Å². The third kappa shape index (κ3) is 4.34. The Kier molecular flexibility index (Phi) is 5.76. The fourth-order valence-corrected chi connectivity index (χ4v) is 3.87. The van der Waals surface area contributed by atoms with E-state index in [1.807, 2.05) is 19.9 Å². The molecule has 0 spiro atoms. The summed E-state index contributed by atoms with van der Waals surface area (Å²) in [5.41, 5.74) is 1.43. The zero-order valence-corrected chi connectivity index (χ0v) is 15.0. The van der Waals surface area contributed by atoms with Gasteiger partial charge in [0.25, 0.3) is 5.69 Å². The number of ether oxygens (including phenoxy) is 1. The second-order valence-electron chi connectivity index (χ2n) is 5.57. The number of nitro benzene ring substituents is 1. The van der Waals surface area contributed by atoms with E-state index in [1.165, 1.54) is 18.2 Å². The Bertz CT molecular complexity index is 880. The quantitative estimate of drug-likeness (QED) is 0.600. The first-order valence-electron chi connectivity index (χ1n) is 7.69. The van der Waals surface area contributed by atoms with E-state index in [2.05, 4.69) is 4.72 Å². The van der Waals surface area contributed by atoms with Crippen molar-refractivity contribution < 1.29 is 18.1 Å². The zero-order chi connectivity index (χ0) is 18.6. The fourth-order valence-electron chi connectivity index (χ4n) is 2.53. The maximum Gasteiger partial charge on any atom is 0.270 e. The lowest BCUT2D eigenvalue weighted by atomic mass is 10.0. The van der Waals surface area contributed by atoms with Crippen LogP contribution in [0.1, 0.15) is 30.5 Å². The molecule has 0 aliphatic rings. The molecule has 0 amide bonds. The first-order valence-corrected chi connectivity index (χ1v) is 9.18. The summed E-state index contributed by atoms with van der Waals surface area (Å²) >= 11 is 0. The summed E-state index contributed by atoms with van der Waals surface area (Å²) in [6, 6.07) is 9.99. The molecule has 0 bridgehead atoms. The minimum atomic E-state index is -3.89. The van der Waals surface area contributed by atoms with Crippen LogP contribution in [0.25, 0.3) is 0 Å². The highest BCUT2D eigenvalue weighted by molar-refractivity contribution is 7.89. The van der Waals surface area contributed by atoms with E-state index < -0.39 is 21.0 Å². The van der Waals surface area contributed by atoms with Crippen molar-refractivity contribution in [3.05, 3.63) is 63.7 Å². The maximum absolute atomic E-state index is 12.6. The summed E-state index contributed by atoms with van der Waals surface area (Å²) in [6.07, 6.45) is 0.528. The van der Waals surface area contributed by atoms with Gasteiger partial charge >= 0.3 is 0 Å². The molecule has 134 valence electrons. The molecule has 0 saturated heterocycles. The molecule has 0 aromatic heterocycles. The Balaban J connectivity index is 2.32. The predicted molar refractivity (Wildman–Crippen MR) is 94.2 cm³/mol. The van der Waals surface area contributed by atoms with Crippen molar-refractivity contribution >= 4 is 15.7 Å². The van der Waals surface area contributed by atoms with E-state index in [9.17, 15) is 18.5 Å². The van der Waals surface area contributed by atoms with Crippen molar-refractivity contribution in [1.29, 1.82) is 0 Å². The Morgan fingerprint density at radius 2 is 1.96 bits per heavy atom. The number of nitrogens with one attached hydrogen (secondary N) is 1. The van der Waals surface area contributed by atoms with Crippen LogP contribution in [0.3, 0.4) is 0 Å². The Morgan fingerprint density at radius 3 is 2.52 bits per heavy atom. The van der Waals surface area contributed by atoms with Crippen LogP contribution in [-0.4, -0.2) is 20.5 Å². The minimum Gasteiger partial charge on any atom is -0.496 e. The Morgan fingerprint density at radius 1 is 1.24 bits per heavy atom. The number of aryl methyl sites for hydroxylation is 1. The molecule has 2 rings (SSSR count). The first-order chi connectivity index (χ1) is 11.8. The SMILES string of the molecule is CCC(NS(=O)(=O)c1cccc([N+](=O)[O-])c1)c1ccc(OC)c(C)c1. The molecule has 8 heteroatoms. The molecule has 25 heavy (non-hydrogen) atoms. The monoisotopic (exact) mass is 364 g/mol. The lowest BCUT2D eigenvalue weighted by molar-refractivity contribution is -0.385. The zero-order valence-electron chi connectivity index (χ0n) is 14.2. The number of hydrogen-bond acceptors (Lipinski definition) is 5. The van der Waals surface area contributed by atoms with Crippen LogP contribution in [0.5, 0.6) is 5.75 Å². The highest BCUT2D eigenvalue weighted by Gasteiger charge is 2.22. The van der Waals surface area contributed by atoms with Gasteiger partial charge in [-0.25, -0.2) is 13.1 Å². The molecule has 1 unspecified atom stereocenters. The van der Waals surface area contributed by atoms with Crippen LogP contribution < -0.4 is 9.46 Å². The first kappa shape index (κ1) is 18.9. The average molecular weight is 364 g/mol. The Hall–Kier alpha value is -2.45. The van der Waals surface area contributed by atoms with E-state index in [4.69, 9.17) is 4.74 Å². The average Bonchev–Trinajstić information content (AvgIpc) is 2.59.